The van der Waals surface area contributed by atoms with Gasteiger partial charge < -0.3 is 15.0 Å². The van der Waals surface area contributed by atoms with Gasteiger partial charge in [-0.3, -0.25) is 4.90 Å². The van der Waals surface area contributed by atoms with Gasteiger partial charge in [0.25, 0.3) is 0 Å². The molecule has 0 spiro atoms. The minimum atomic E-state index is -0.322. The van der Waals surface area contributed by atoms with Crippen LogP contribution in [0.1, 0.15) is 52.9 Å². The lowest BCUT2D eigenvalue weighted by atomic mass is 9.54. The Morgan fingerprint density at radius 1 is 1.03 bits per heavy atom. The molecule has 1 aromatic heterocycles. The molecular weight excluding hydrogens is 474 g/mol. The number of rotatable bonds is 5. The molecule has 0 radical (unpaired) electrons. The predicted molar refractivity (Wildman–Crippen MR) is 145 cm³/mol. The first-order valence-electron chi connectivity index (χ1n) is 13.1. The zero-order valence-electron chi connectivity index (χ0n) is 20.4. The number of ether oxygens (including phenoxy) is 1. The van der Waals surface area contributed by atoms with Gasteiger partial charge in [-0.2, -0.15) is 0 Å². The highest BCUT2D eigenvalue weighted by molar-refractivity contribution is 7.80. The van der Waals surface area contributed by atoms with Crippen molar-refractivity contribution >= 4 is 39.6 Å². The van der Waals surface area contributed by atoms with Gasteiger partial charge in [-0.15, -0.1) is 11.3 Å². The number of thiophene rings is 1. The van der Waals surface area contributed by atoms with Crippen LogP contribution in [0, 0.1) is 23.7 Å². The van der Waals surface area contributed by atoms with Crippen LogP contribution in [-0.2, 0) is 11.2 Å². The van der Waals surface area contributed by atoms with Crippen LogP contribution in [0.15, 0.2) is 36.4 Å². The maximum Gasteiger partial charge on any atom is 0.340 e. The van der Waals surface area contributed by atoms with Crippen LogP contribution in [0.4, 0.5) is 5.00 Å². The smallest absolute Gasteiger partial charge is 0.340 e. The number of carbonyl (C=O) groups is 1. The maximum atomic E-state index is 12.5. The Labute approximate surface area is 217 Å². The van der Waals surface area contributed by atoms with Crippen molar-refractivity contribution in [2.24, 2.45) is 23.7 Å². The third-order valence-corrected chi connectivity index (χ3v) is 10.2. The van der Waals surface area contributed by atoms with Gasteiger partial charge in [0.15, 0.2) is 5.11 Å². The number of hydrogen-bond acceptors (Lipinski definition) is 5. The fourth-order valence-corrected chi connectivity index (χ4v) is 9.00. The number of nitrogens with zero attached hydrogens (tertiary/aromatic N) is 2. The second kappa shape index (κ2) is 9.83. The van der Waals surface area contributed by atoms with E-state index in [0.717, 1.165) is 72.2 Å². The Hall–Kier alpha value is -1.96. The summed E-state index contributed by atoms with van der Waals surface area (Å²) in [4.78, 5) is 18.7. The Morgan fingerprint density at radius 3 is 2.31 bits per heavy atom. The lowest BCUT2D eigenvalue weighted by Crippen LogP contribution is -2.60. The molecule has 1 N–H and O–H groups in total. The fraction of sp³-hybridized carbons (Fsp3) is 0.571. The number of thiocarbonyl (C=S) groups is 1. The van der Waals surface area contributed by atoms with Crippen LogP contribution < -0.4 is 5.32 Å². The molecule has 5 aliphatic rings. The fourth-order valence-electron chi connectivity index (χ4n) is 7.57. The van der Waals surface area contributed by atoms with E-state index in [9.17, 15) is 4.79 Å². The molecule has 7 heteroatoms. The monoisotopic (exact) mass is 509 g/mol. The minimum Gasteiger partial charge on any atom is -0.465 e. The lowest BCUT2D eigenvalue weighted by Gasteiger charge is -2.58. The number of nitrogens with one attached hydrogen (secondary N) is 1. The second-order valence-corrected chi connectivity index (χ2v) is 12.5. The van der Waals surface area contributed by atoms with Gasteiger partial charge in [-0.05, 0) is 79.6 Å². The van der Waals surface area contributed by atoms with Crippen LogP contribution in [0.3, 0.4) is 0 Å². The molecule has 2 heterocycles. The molecule has 0 amide bonds. The van der Waals surface area contributed by atoms with E-state index in [1.165, 1.54) is 44.8 Å². The lowest BCUT2D eigenvalue weighted by molar-refractivity contribution is -0.0726. The van der Waals surface area contributed by atoms with Crippen molar-refractivity contribution in [1.29, 1.82) is 0 Å². The summed E-state index contributed by atoms with van der Waals surface area (Å²) in [5, 5.41) is 4.91. The SMILES string of the molecule is COC(=O)c1cc(Cc2ccccc2)sc1NC(=S)N1CCN(C2C3CC4CC(C3)CC2C4)CC1. The molecule has 186 valence electrons. The summed E-state index contributed by atoms with van der Waals surface area (Å²) < 4.78 is 5.06. The van der Waals surface area contributed by atoms with E-state index < -0.39 is 0 Å². The first kappa shape index (κ1) is 23.4. The molecule has 4 saturated carbocycles. The molecule has 0 atom stereocenters. The average Bonchev–Trinajstić information content (AvgIpc) is 3.25. The minimum absolute atomic E-state index is 0.322. The number of benzene rings is 1. The highest BCUT2D eigenvalue weighted by Gasteiger charge is 2.50. The number of esters is 1. The van der Waals surface area contributed by atoms with Crippen molar-refractivity contribution in [2.75, 3.05) is 38.6 Å². The molecule has 5 nitrogen and oxygen atoms in total. The molecule has 5 fully saturated rings. The largest absolute Gasteiger partial charge is 0.465 e. The first-order valence-corrected chi connectivity index (χ1v) is 14.3. The number of anilines is 1. The quantitative estimate of drug-likeness (QED) is 0.438. The summed E-state index contributed by atoms with van der Waals surface area (Å²) in [6, 6.07) is 13.1. The van der Waals surface area contributed by atoms with Crippen molar-refractivity contribution < 1.29 is 9.53 Å². The molecule has 1 saturated heterocycles. The molecule has 4 bridgehead atoms. The zero-order chi connectivity index (χ0) is 23.9. The van der Waals surface area contributed by atoms with Crippen molar-refractivity contribution in [1.82, 2.24) is 9.80 Å². The number of piperazine rings is 1. The van der Waals surface area contributed by atoms with E-state index in [1.807, 2.05) is 24.3 Å². The molecule has 4 aliphatic carbocycles. The Balaban J connectivity index is 1.09. The van der Waals surface area contributed by atoms with E-state index >= 15 is 0 Å². The summed E-state index contributed by atoms with van der Waals surface area (Å²) in [6.07, 6.45) is 8.18. The van der Waals surface area contributed by atoms with Gasteiger partial charge in [-0.1, -0.05) is 30.3 Å². The molecule has 0 unspecified atom stereocenters. The van der Waals surface area contributed by atoms with E-state index in [4.69, 9.17) is 17.0 Å². The summed E-state index contributed by atoms with van der Waals surface area (Å²) >= 11 is 7.42. The molecular formula is C28H35N3O2S2. The Bertz CT molecular complexity index is 1050. The van der Waals surface area contributed by atoms with Gasteiger partial charge in [0.2, 0.25) is 0 Å². The van der Waals surface area contributed by atoms with Crippen LogP contribution in [0.5, 0.6) is 0 Å². The Kier molecular flexibility index (Phi) is 6.58. The van der Waals surface area contributed by atoms with E-state index in [1.54, 1.807) is 11.3 Å². The average molecular weight is 510 g/mol. The van der Waals surface area contributed by atoms with Gasteiger partial charge >= 0.3 is 5.97 Å². The molecule has 35 heavy (non-hydrogen) atoms. The molecule has 1 aromatic carbocycles. The van der Waals surface area contributed by atoms with E-state index in [0.29, 0.717) is 10.7 Å². The third-order valence-electron chi connectivity index (χ3n) is 8.83. The second-order valence-electron chi connectivity index (χ2n) is 11.0. The van der Waals surface area contributed by atoms with E-state index in [-0.39, 0.29) is 5.97 Å². The maximum absolute atomic E-state index is 12.5. The molecule has 2 aromatic rings. The first-order chi connectivity index (χ1) is 17.1. The standard InChI is InChI=1S/C28H35N3O2S2/c1-33-27(32)24-17-23(16-18-5-3-2-4-6-18)35-26(24)29-28(34)31-9-7-30(8-10-31)25-21-12-19-11-20(14-21)15-22(25)13-19/h2-6,17,19-22,25H,7-16H2,1H3,(H,29,34). The van der Waals surface area contributed by atoms with Crippen LogP contribution in [0.2, 0.25) is 0 Å². The van der Waals surface area contributed by atoms with Gasteiger partial charge in [0.05, 0.1) is 12.7 Å². The normalized spacial score (nSPS) is 29.9. The third kappa shape index (κ3) is 4.75. The number of methoxy groups -OCH3 is 1. The van der Waals surface area contributed by atoms with Crippen molar-refractivity contribution in [2.45, 2.75) is 44.6 Å². The van der Waals surface area contributed by atoms with Crippen molar-refractivity contribution in [3.8, 4) is 0 Å². The molecule has 1 aliphatic heterocycles. The molecule has 7 rings (SSSR count). The number of hydrogen-bond donors (Lipinski definition) is 1. The van der Waals surface area contributed by atoms with Crippen molar-refractivity contribution in [3.63, 3.8) is 0 Å². The van der Waals surface area contributed by atoms with Crippen molar-refractivity contribution in [3.05, 3.63) is 52.4 Å². The number of carbonyl (C=O) groups excluding carboxylic acids is 1. The Morgan fingerprint density at radius 2 is 1.69 bits per heavy atom. The van der Waals surface area contributed by atoms with Gasteiger partial charge in [0, 0.05) is 43.5 Å². The van der Waals surface area contributed by atoms with Gasteiger partial charge in [0.1, 0.15) is 5.00 Å². The van der Waals surface area contributed by atoms with Crippen LogP contribution in [0.25, 0.3) is 0 Å². The summed E-state index contributed by atoms with van der Waals surface area (Å²) in [5.74, 6) is 3.58. The predicted octanol–water partition coefficient (Wildman–Crippen LogP) is 5.26. The highest BCUT2D eigenvalue weighted by Crippen LogP contribution is 2.55. The highest BCUT2D eigenvalue weighted by atomic mass is 32.1. The topological polar surface area (TPSA) is 44.8 Å². The van der Waals surface area contributed by atoms with Gasteiger partial charge in [-0.25, -0.2) is 4.79 Å². The zero-order valence-corrected chi connectivity index (χ0v) is 22.1. The summed E-state index contributed by atoms with van der Waals surface area (Å²) in [7, 11) is 1.43. The van der Waals surface area contributed by atoms with Crippen LogP contribution >= 0.6 is 23.6 Å². The summed E-state index contributed by atoms with van der Waals surface area (Å²) in [6.45, 7) is 4.07. The summed E-state index contributed by atoms with van der Waals surface area (Å²) in [5.41, 5.74) is 1.79. The van der Waals surface area contributed by atoms with E-state index in [2.05, 4.69) is 27.2 Å². The van der Waals surface area contributed by atoms with Crippen LogP contribution in [-0.4, -0.2) is 60.2 Å².